The highest BCUT2D eigenvalue weighted by atomic mass is 35.5. The lowest BCUT2D eigenvalue weighted by Crippen LogP contribution is -3.00. The van der Waals surface area contributed by atoms with Gasteiger partial charge in [-0.3, -0.25) is 4.79 Å². The van der Waals surface area contributed by atoms with Crippen molar-refractivity contribution in [3.8, 4) is 0 Å². The highest BCUT2D eigenvalue weighted by molar-refractivity contribution is 7.98. The van der Waals surface area contributed by atoms with Crippen molar-refractivity contribution in [3.05, 3.63) is 133 Å². The molecular weight excluding hydrogens is 449 g/mol. The molecular formula is C28H25ClNO2P. The number of hydrogen-bond donors (Lipinski definition) is 2. The van der Waals surface area contributed by atoms with Gasteiger partial charge in [0.15, 0.2) is 0 Å². The Morgan fingerprint density at radius 1 is 0.697 bits per heavy atom. The Hall–Kier alpha value is -3.39. The molecule has 0 saturated carbocycles. The number of carbonyl (C=O) groups is 1. The smallest absolute Gasteiger partial charge is 0.307 e. The topological polar surface area (TPSA) is 49.3 Å². The van der Waals surface area contributed by atoms with Gasteiger partial charge in [-0.1, -0.05) is 66.7 Å². The van der Waals surface area contributed by atoms with Gasteiger partial charge >= 0.3 is 5.97 Å². The van der Waals surface area contributed by atoms with E-state index in [0.717, 1.165) is 11.3 Å². The van der Waals surface area contributed by atoms with Gasteiger partial charge in [-0.15, -0.1) is 0 Å². The van der Waals surface area contributed by atoms with Crippen LogP contribution in [0.2, 0.25) is 0 Å². The molecule has 0 fully saturated rings. The van der Waals surface area contributed by atoms with Crippen LogP contribution in [-0.4, -0.2) is 11.1 Å². The van der Waals surface area contributed by atoms with Crippen molar-refractivity contribution in [2.24, 2.45) is 0 Å². The van der Waals surface area contributed by atoms with Crippen LogP contribution in [-0.2, 0) is 11.2 Å². The monoisotopic (exact) mass is 473 g/mol. The number of benzene rings is 4. The van der Waals surface area contributed by atoms with Crippen LogP contribution < -0.4 is 33.6 Å². The number of carboxylic acid groups (broad SMARTS) is 1. The molecule has 4 aromatic carbocycles. The Morgan fingerprint density at radius 3 is 1.52 bits per heavy atom. The predicted molar refractivity (Wildman–Crippen MR) is 136 cm³/mol. The number of carboxylic acids is 1. The van der Waals surface area contributed by atoms with Crippen LogP contribution in [0.15, 0.2) is 127 Å². The maximum atomic E-state index is 10.9. The van der Waals surface area contributed by atoms with Gasteiger partial charge in [-0.05, 0) is 54.1 Å². The van der Waals surface area contributed by atoms with Crippen molar-refractivity contribution in [1.82, 2.24) is 0 Å². The summed E-state index contributed by atoms with van der Waals surface area (Å²) in [4.78, 5) is 10.9. The Labute approximate surface area is 201 Å². The van der Waals surface area contributed by atoms with Crippen LogP contribution in [0.3, 0.4) is 0 Å². The summed E-state index contributed by atoms with van der Waals surface area (Å²) in [5.74, 6) is 1.48. The van der Waals surface area contributed by atoms with Crippen LogP contribution in [0.5, 0.6) is 0 Å². The molecule has 0 radical (unpaired) electrons. The van der Waals surface area contributed by atoms with Gasteiger partial charge in [0.05, 0.1) is 12.2 Å². The summed E-state index contributed by atoms with van der Waals surface area (Å²) in [6, 6.07) is 39.5. The third-order valence-corrected chi connectivity index (χ3v) is 9.28. The molecule has 0 heterocycles. The van der Waals surface area contributed by atoms with Crippen LogP contribution in [0.25, 0.3) is 0 Å². The van der Waals surface area contributed by atoms with E-state index in [9.17, 15) is 4.79 Å². The van der Waals surface area contributed by atoms with E-state index in [1.54, 1.807) is 0 Å². The van der Waals surface area contributed by atoms with Crippen molar-refractivity contribution >= 4 is 34.8 Å². The Kier molecular flexibility index (Phi) is 8.43. The maximum absolute atomic E-state index is 10.9. The minimum absolute atomic E-state index is 0. The molecule has 0 amide bonds. The Morgan fingerprint density at radius 2 is 1.12 bits per heavy atom. The lowest BCUT2D eigenvalue weighted by molar-refractivity contribution is -0.136. The average Bonchev–Trinajstić information content (AvgIpc) is 2.84. The number of rotatable bonds is 8. The van der Waals surface area contributed by atoms with E-state index in [-0.39, 0.29) is 18.8 Å². The van der Waals surface area contributed by atoms with E-state index >= 15 is 0 Å². The number of hydrogen-bond acceptors (Lipinski definition) is 2. The number of anilines is 1. The van der Waals surface area contributed by atoms with Gasteiger partial charge in [0, 0.05) is 11.9 Å². The molecule has 0 aromatic heterocycles. The lowest BCUT2D eigenvalue weighted by Gasteiger charge is -2.24. The van der Waals surface area contributed by atoms with Gasteiger partial charge in [0.25, 0.3) is 0 Å². The zero-order valence-corrected chi connectivity index (χ0v) is 19.7. The lowest BCUT2D eigenvalue weighted by atomic mass is 10.1. The van der Waals surface area contributed by atoms with Gasteiger partial charge < -0.3 is 22.8 Å². The molecule has 0 aliphatic rings. The van der Waals surface area contributed by atoms with E-state index < -0.39 is 13.2 Å². The van der Waals surface area contributed by atoms with Gasteiger partial charge in [-0.2, -0.15) is 0 Å². The molecule has 0 atom stereocenters. The third kappa shape index (κ3) is 5.70. The second kappa shape index (κ2) is 11.5. The highest BCUT2D eigenvalue weighted by Gasteiger charge is 2.43. The van der Waals surface area contributed by atoms with Crippen molar-refractivity contribution in [3.63, 3.8) is 0 Å². The molecule has 3 nitrogen and oxygen atoms in total. The summed E-state index contributed by atoms with van der Waals surface area (Å²) in [5.41, 5.74) is 1.70. The zero-order valence-electron chi connectivity index (χ0n) is 18.0. The third-order valence-electron chi connectivity index (χ3n) is 5.35. The van der Waals surface area contributed by atoms with Crippen LogP contribution in [0.1, 0.15) is 5.56 Å². The fourth-order valence-corrected chi connectivity index (χ4v) is 7.47. The molecule has 2 N–H and O–H groups in total. The van der Waals surface area contributed by atoms with Gasteiger partial charge in [0.2, 0.25) is 0 Å². The van der Waals surface area contributed by atoms with E-state index in [0.29, 0.717) is 0 Å². The molecule has 0 aliphatic heterocycles. The molecule has 0 aliphatic carbocycles. The Balaban J connectivity index is 0.00000306. The van der Waals surface area contributed by atoms with E-state index in [1.807, 2.05) is 30.5 Å². The molecule has 166 valence electrons. The minimum Gasteiger partial charge on any atom is -1.00 e. The summed E-state index contributed by atoms with van der Waals surface area (Å²) < 4.78 is 0. The first-order valence-corrected chi connectivity index (χ1v) is 12.3. The van der Waals surface area contributed by atoms with E-state index in [1.165, 1.54) is 15.9 Å². The molecule has 0 spiro atoms. The number of halogens is 1. The standard InChI is InChI=1S/C28H24NO2P.ClH/c30-28(31)22-23-16-18-24(19-17-23)29-20-21-32(25-10-4-1-5-11-25,26-12-6-2-7-13-26)27-14-8-3-9-15-27;/h1-21,29H,22H2;1H/b21-20+;. The molecule has 0 bridgehead atoms. The average molecular weight is 474 g/mol. The first-order chi connectivity index (χ1) is 15.7. The van der Waals surface area contributed by atoms with Crippen molar-refractivity contribution in [1.29, 1.82) is 0 Å². The van der Waals surface area contributed by atoms with Crippen LogP contribution in [0.4, 0.5) is 5.69 Å². The fraction of sp³-hybridized carbons (Fsp3) is 0.0357. The van der Waals surface area contributed by atoms with Crippen molar-refractivity contribution < 1.29 is 22.3 Å². The van der Waals surface area contributed by atoms with Gasteiger partial charge in [0.1, 0.15) is 23.2 Å². The van der Waals surface area contributed by atoms with E-state index in [2.05, 4.69) is 102 Å². The molecule has 4 rings (SSSR count). The summed E-state index contributed by atoms with van der Waals surface area (Å²) in [6.07, 6.45) is 2.05. The minimum atomic E-state index is -2.04. The zero-order chi connectivity index (χ0) is 22.2. The molecule has 5 heteroatoms. The van der Waals surface area contributed by atoms with Gasteiger partial charge in [-0.25, -0.2) is 0 Å². The molecule has 33 heavy (non-hydrogen) atoms. The molecule has 0 saturated heterocycles. The van der Waals surface area contributed by atoms with Crippen molar-refractivity contribution in [2.45, 2.75) is 6.42 Å². The normalized spacial score (nSPS) is 11.0. The first kappa shape index (κ1) is 24.3. The quantitative estimate of drug-likeness (QED) is 0.386. The summed E-state index contributed by atoms with van der Waals surface area (Å²) >= 11 is 0. The summed E-state index contributed by atoms with van der Waals surface area (Å²) in [6.45, 7) is 0. The second-order valence-corrected chi connectivity index (χ2v) is 10.7. The Bertz CT molecular complexity index is 1080. The van der Waals surface area contributed by atoms with Crippen LogP contribution >= 0.6 is 7.26 Å². The van der Waals surface area contributed by atoms with Crippen molar-refractivity contribution in [2.75, 3.05) is 5.32 Å². The number of nitrogens with one attached hydrogen (secondary N) is 1. The molecule has 4 aromatic rings. The fourth-order valence-electron chi connectivity index (χ4n) is 3.83. The summed E-state index contributed by atoms with van der Waals surface area (Å²) in [5, 5.41) is 16.2. The summed E-state index contributed by atoms with van der Waals surface area (Å²) in [7, 11) is -2.04. The molecule has 0 unspecified atom stereocenters. The maximum Gasteiger partial charge on any atom is 0.307 e. The number of aliphatic carboxylic acids is 1. The largest absolute Gasteiger partial charge is 1.00 e. The highest BCUT2D eigenvalue weighted by Crippen LogP contribution is 2.56. The first-order valence-electron chi connectivity index (χ1n) is 10.5. The SMILES string of the molecule is O=C(O)Cc1ccc(N/C=C/[P+](c2ccccc2)(c2ccccc2)c2ccccc2)cc1.[Cl-]. The van der Waals surface area contributed by atoms with Crippen LogP contribution in [0, 0.1) is 0 Å². The predicted octanol–water partition coefficient (Wildman–Crippen LogP) is 2.19. The second-order valence-electron chi connectivity index (χ2n) is 7.46. The van der Waals surface area contributed by atoms with E-state index in [4.69, 9.17) is 5.11 Å².